The molecule has 0 fully saturated rings. The van der Waals surface area contributed by atoms with E-state index < -0.39 is 18.5 Å². The Labute approximate surface area is 83.9 Å². The second kappa shape index (κ2) is 4.95. The predicted molar refractivity (Wildman–Crippen MR) is 45.0 cm³/mol. The van der Waals surface area contributed by atoms with Gasteiger partial charge in [0.25, 0.3) is 0 Å². The molecule has 0 saturated carbocycles. The molecule has 0 aliphatic rings. The van der Waals surface area contributed by atoms with E-state index in [2.05, 4.69) is 4.98 Å². The van der Waals surface area contributed by atoms with Crippen molar-refractivity contribution in [1.29, 1.82) is 0 Å². The van der Waals surface area contributed by atoms with Crippen molar-refractivity contribution in [2.75, 3.05) is 6.61 Å². The highest BCUT2D eigenvalue weighted by Crippen LogP contribution is 2.21. The fraction of sp³-hybridized carbons (Fsp3) is 0.444. The van der Waals surface area contributed by atoms with Gasteiger partial charge in [-0.3, -0.25) is 0 Å². The molecule has 0 N–H and O–H groups in total. The highest BCUT2D eigenvalue weighted by Gasteiger charge is 2.26. The zero-order valence-corrected chi connectivity index (χ0v) is 7.72. The van der Waals surface area contributed by atoms with Crippen LogP contribution in [0.1, 0.15) is 12.8 Å². The van der Waals surface area contributed by atoms with Gasteiger partial charge in [-0.05, 0) is 12.5 Å². The third-order valence-corrected chi connectivity index (χ3v) is 1.54. The number of ether oxygens (including phenoxy) is 1. The predicted octanol–water partition coefficient (Wildman–Crippen LogP) is 2.94. The molecule has 0 unspecified atom stereocenters. The molecule has 0 bridgehead atoms. The minimum Gasteiger partial charge on any atom is -0.478 e. The van der Waals surface area contributed by atoms with Crippen LogP contribution in [0, 0.1) is 5.95 Å². The van der Waals surface area contributed by atoms with Gasteiger partial charge in [0.1, 0.15) is 0 Å². The summed E-state index contributed by atoms with van der Waals surface area (Å²) in [5.74, 6) is -0.722. The van der Waals surface area contributed by atoms with Crippen molar-refractivity contribution < 1.29 is 22.3 Å². The highest BCUT2D eigenvalue weighted by molar-refractivity contribution is 5.10. The Morgan fingerprint density at radius 3 is 2.60 bits per heavy atom. The molecule has 1 heterocycles. The quantitative estimate of drug-likeness (QED) is 0.444. The Hall–Kier alpha value is -1.33. The maximum Gasteiger partial charge on any atom is 0.389 e. The molecule has 0 aromatic carbocycles. The molecule has 0 saturated heterocycles. The van der Waals surface area contributed by atoms with Crippen LogP contribution < -0.4 is 4.74 Å². The molecular weight excluding hydrogens is 214 g/mol. The first-order valence-electron chi connectivity index (χ1n) is 4.29. The second-order valence-corrected chi connectivity index (χ2v) is 2.87. The van der Waals surface area contributed by atoms with E-state index in [0.717, 1.165) is 6.07 Å². The molecule has 0 atom stereocenters. The van der Waals surface area contributed by atoms with Gasteiger partial charge in [0, 0.05) is 12.5 Å². The Kier molecular flexibility index (Phi) is 3.88. The number of aromatic nitrogens is 1. The molecule has 1 aromatic heterocycles. The monoisotopic (exact) mass is 223 g/mol. The summed E-state index contributed by atoms with van der Waals surface area (Å²) in [7, 11) is 0. The summed E-state index contributed by atoms with van der Waals surface area (Å²) in [5, 5.41) is 0. The molecule has 0 radical (unpaired) electrons. The van der Waals surface area contributed by atoms with Crippen molar-refractivity contribution in [1.82, 2.24) is 4.98 Å². The Morgan fingerprint density at radius 1 is 1.27 bits per heavy atom. The summed E-state index contributed by atoms with van der Waals surface area (Å²) in [6.07, 6.45) is -5.26. The van der Waals surface area contributed by atoms with Crippen LogP contribution in [0.15, 0.2) is 18.2 Å². The van der Waals surface area contributed by atoms with Crippen LogP contribution >= 0.6 is 0 Å². The largest absolute Gasteiger partial charge is 0.478 e. The Morgan fingerprint density at radius 2 is 2.00 bits per heavy atom. The first kappa shape index (κ1) is 11.7. The Balaban J connectivity index is 2.26. The standard InChI is InChI=1S/C9H9F4NO/c10-7-3-1-4-8(14-7)15-6-2-5-9(11,12)13/h1,3-4H,2,5-6H2. The molecule has 0 amide bonds. The number of hydrogen-bond donors (Lipinski definition) is 0. The third kappa shape index (κ3) is 5.19. The number of pyridine rings is 1. The van der Waals surface area contributed by atoms with Gasteiger partial charge in [-0.2, -0.15) is 22.5 Å². The Bertz CT molecular complexity index is 313. The fourth-order valence-corrected chi connectivity index (χ4v) is 0.919. The van der Waals surface area contributed by atoms with Crippen LogP contribution in [0.3, 0.4) is 0 Å². The van der Waals surface area contributed by atoms with E-state index in [9.17, 15) is 17.6 Å². The molecule has 0 aliphatic carbocycles. The fourth-order valence-electron chi connectivity index (χ4n) is 0.919. The van der Waals surface area contributed by atoms with E-state index in [1.54, 1.807) is 0 Å². The maximum atomic E-state index is 12.5. The second-order valence-electron chi connectivity index (χ2n) is 2.87. The summed E-state index contributed by atoms with van der Waals surface area (Å²) in [6.45, 7) is -0.129. The van der Waals surface area contributed by atoms with E-state index in [4.69, 9.17) is 4.74 Å². The van der Waals surface area contributed by atoms with Crippen LogP contribution in [-0.2, 0) is 0 Å². The zero-order valence-electron chi connectivity index (χ0n) is 7.72. The maximum absolute atomic E-state index is 12.5. The van der Waals surface area contributed by atoms with Gasteiger partial charge in [-0.15, -0.1) is 0 Å². The summed E-state index contributed by atoms with van der Waals surface area (Å²) in [5.41, 5.74) is 0. The number of nitrogens with zero attached hydrogens (tertiary/aromatic N) is 1. The van der Waals surface area contributed by atoms with Gasteiger partial charge in [-0.1, -0.05) is 6.07 Å². The van der Waals surface area contributed by atoms with E-state index in [1.165, 1.54) is 12.1 Å². The van der Waals surface area contributed by atoms with Crippen LogP contribution in [-0.4, -0.2) is 17.8 Å². The summed E-state index contributed by atoms with van der Waals surface area (Å²) >= 11 is 0. The van der Waals surface area contributed by atoms with Crippen molar-refractivity contribution in [3.05, 3.63) is 24.1 Å². The lowest BCUT2D eigenvalue weighted by Gasteiger charge is -2.07. The smallest absolute Gasteiger partial charge is 0.389 e. The lowest BCUT2D eigenvalue weighted by molar-refractivity contribution is -0.136. The molecule has 84 valence electrons. The third-order valence-electron chi connectivity index (χ3n) is 1.54. The van der Waals surface area contributed by atoms with Crippen LogP contribution in [0.25, 0.3) is 0 Å². The van der Waals surface area contributed by atoms with E-state index >= 15 is 0 Å². The molecule has 1 rings (SSSR count). The van der Waals surface area contributed by atoms with E-state index in [1.807, 2.05) is 0 Å². The highest BCUT2D eigenvalue weighted by atomic mass is 19.4. The number of alkyl halides is 3. The number of rotatable bonds is 4. The number of halogens is 4. The molecule has 2 nitrogen and oxygen atoms in total. The minimum absolute atomic E-state index is 0.00262. The first-order chi connectivity index (χ1) is 6.97. The van der Waals surface area contributed by atoms with Gasteiger partial charge < -0.3 is 4.74 Å². The van der Waals surface area contributed by atoms with E-state index in [-0.39, 0.29) is 18.9 Å². The van der Waals surface area contributed by atoms with Gasteiger partial charge in [-0.25, -0.2) is 0 Å². The zero-order chi connectivity index (χ0) is 11.3. The van der Waals surface area contributed by atoms with Crippen LogP contribution in [0.4, 0.5) is 17.6 Å². The van der Waals surface area contributed by atoms with Crippen molar-refractivity contribution in [3.63, 3.8) is 0 Å². The summed E-state index contributed by atoms with van der Waals surface area (Å²) < 4.78 is 52.5. The molecule has 0 spiro atoms. The summed E-state index contributed by atoms with van der Waals surface area (Å²) in [6, 6.07) is 3.89. The molecule has 15 heavy (non-hydrogen) atoms. The van der Waals surface area contributed by atoms with Crippen molar-refractivity contribution in [2.24, 2.45) is 0 Å². The lowest BCUT2D eigenvalue weighted by atomic mass is 10.3. The van der Waals surface area contributed by atoms with Gasteiger partial charge in [0.2, 0.25) is 11.8 Å². The topological polar surface area (TPSA) is 22.1 Å². The van der Waals surface area contributed by atoms with Gasteiger partial charge in [0.05, 0.1) is 6.61 Å². The minimum atomic E-state index is -4.18. The average molecular weight is 223 g/mol. The van der Waals surface area contributed by atoms with Crippen LogP contribution in [0.5, 0.6) is 5.88 Å². The van der Waals surface area contributed by atoms with Crippen molar-refractivity contribution in [2.45, 2.75) is 19.0 Å². The average Bonchev–Trinajstić information content (AvgIpc) is 2.11. The first-order valence-corrected chi connectivity index (χ1v) is 4.29. The summed E-state index contributed by atoms with van der Waals surface area (Å²) in [4.78, 5) is 3.34. The molecule has 6 heteroatoms. The van der Waals surface area contributed by atoms with Gasteiger partial charge >= 0.3 is 6.18 Å². The molecule has 0 aliphatic heterocycles. The molecular formula is C9H9F4NO. The normalized spacial score (nSPS) is 11.5. The molecule has 1 aromatic rings. The van der Waals surface area contributed by atoms with Gasteiger partial charge in [0.15, 0.2) is 0 Å². The van der Waals surface area contributed by atoms with Crippen molar-refractivity contribution >= 4 is 0 Å². The lowest BCUT2D eigenvalue weighted by Crippen LogP contribution is -2.10. The van der Waals surface area contributed by atoms with Crippen LogP contribution in [0.2, 0.25) is 0 Å². The number of hydrogen-bond acceptors (Lipinski definition) is 2. The van der Waals surface area contributed by atoms with E-state index in [0.29, 0.717) is 0 Å². The van der Waals surface area contributed by atoms with Crippen molar-refractivity contribution in [3.8, 4) is 5.88 Å². The SMILES string of the molecule is Fc1cccc(OCCCC(F)(F)F)n1.